The molecule has 98 valence electrons. The Bertz CT molecular complexity index is 369. The summed E-state index contributed by atoms with van der Waals surface area (Å²) in [5.74, 6) is 0.186. The Morgan fingerprint density at radius 2 is 1.83 bits per heavy atom. The molecule has 1 aliphatic rings. The quantitative estimate of drug-likeness (QED) is 0.744. The first kappa shape index (κ1) is 13.2. The van der Waals surface area contributed by atoms with Crippen LogP contribution in [0.25, 0.3) is 0 Å². The molecule has 0 spiro atoms. The Labute approximate surface area is 108 Å². The lowest BCUT2D eigenvalue weighted by molar-refractivity contribution is -0.123. The first-order valence-electron chi connectivity index (χ1n) is 6.50. The molecule has 1 aliphatic carbocycles. The van der Waals surface area contributed by atoms with Gasteiger partial charge in [0, 0.05) is 6.42 Å². The van der Waals surface area contributed by atoms with Crippen molar-refractivity contribution in [1.29, 1.82) is 0 Å². The number of Topliss-reactive ketones (excluding diaryl/α,β-unsaturated/α-hetero) is 1. The third-order valence-electron chi connectivity index (χ3n) is 3.19. The highest BCUT2D eigenvalue weighted by Crippen LogP contribution is 2.27. The number of hydrogen-bond donors (Lipinski definition) is 0. The van der Waals surface area contributed by atoms with Crippen molar-refractivity contribution in [2.24, 2.45) is 0 Å². The number of carbonyl (C=O) groups excluding carboxylic acids is 1. The third kappa shape index (κ3) is 4.24. The van der Waals surface area contributed by atoms with Gasteiger partial charge < -0.3 is 9.47 Å². The average Bonchev–Trinajstić information content (AvgIpc) is 2.32. The molecular weight excluding hydrogens is 228 g/mol. The summed E-state index contributed by atoms with van der Waals surface area (Å²) >= 11 is 0. The Morgan fingerprint density at radius 1 is 1.17 bits per heavy atom. The van der Waals surface area contributed by atoms with Crippen LogP contribution in [0.5, 0.6) is 0 Å². The summed E-state index contributed by atoms with van der Waals surface area (Å²) in [6.45, 7) is 2.81. The summed E-state index contributed by atoms with van der Waals surface area (Å²) in [5, 5.41) is 0. The monoisotopic (exact) mass is 248 g/mol. The molecule has 3 heteroatoms. The van der Waals surface area contributed by atoms with Crippen LogP contribution in [-0.4, -0.2) is 24.6 Å². The van der Waals surface area contributed by atoms with Gasteiger partial charge in [-0.05, 0) is 25.3 Å². The summed E-state index contributed by atoms with van der Waals surface area (Å²) in [4.78, 5) is 10.8. The average molecular weight is 248 g/mol. The molecule has 1 saturated carbocycles. The van der Waals surface area contributed by atoms with Crippen molar-refractivity contribution >= 4 is 5.78 Å². The predicted octanol–water partition coefficient (Wildman–Crippen LogP) is 2.73. The summed E-state index contributed by atoms with van der Waals surface area (Å²) in [7, 11) is 0. The molecule has 3 nitrogen and oxygen atoms in total. The molecule has 1 aromatic carbocycles. The number of rotatable bonds is 7. The van der Waals surface area contributed by atoms with Crippen molar-refractivity contribution in [1.82, 2.24) is 0 Å². The van der Waals surface area contributed by atoms with E-state index in [1.54, 1.807) is 6.92 Å². The van der Waals surface area contributed by atoms with Crippen LogP contribution in [0.1, 0.15) is 31.7 Å². The minimum atomic E-state index is 0.186. The smallest absolute Gasteiger partial charge is 0.132 e. The van der Waals surface area contributed by atoms with Gasteiger partial charge in [-0.25, -0.2) is 0 Å². The van der Waals surface area contributed by atoms with Crippen molar-refractivity contribution < 1.29 is 14.3 Å². The zero-order valence-electron chi connectivity index (χ0n) is 10.8. The van der Waals surface area contributed by atoms with Gasteiger partial charge in [0.1, 0.15) is 5.78 Å². The zero-order valence-corrected chi connectivity index (χ0v) is 10.8. The molecule has 1 aromatic rings. The maximum absolute atomic E-state index is 10.8. The predicted molar refractivity (Wildman–Crippen MR) is 69.3 cm³/mol. The molecule has 0 atom stereocenters. The van der Waals surface area contributed by atoms with Gasteiger partial charge in [0.2, 0.25) is 0 Å². The van der Waals surface area contributed by atoms with Crippen LogP contribution in [0.3, 0.4) is 0 Å². The van der Waals surface area contributed by atoms with Crippen LogP contribution >= 0.6 is 0 Å². The summed E-state index contributed by atoms with van der Waals surface area (Å²) in [5.41, 5.74) is 1.21. The summed E-state index contributed by atoms with van der Waals surface area (Å²) in [6, 6.07) is 10.2. The largest absolute Gasteiger partial charge is 0.378 e. The second-order valence-corrected chi connectivity index (χ2v) is 4.83. The van der Waals surface area contributed by atoms with Crippen LogP contribution in [0.2, 0.25) is 0 Å². The zero-order chi connectivity index (χ0) is 12.8. The third-order valence-corrected chi connectivity index (χ3v) is 3.19. The second kappa shape index (κ2) is 6.66. The van der Waals surface area contributed by atoms with E-state index in [0.29, 0.717) is 25.7 Å². The van der Waals surface area contributed by atoms with Gasteiger partial charge in [0.25, 0.3) is 0 Å². The van der Waals surface area contributed by atoms with E-state index in [9.17, 15) is 4.79 Å². The Kier molecular flexibility index (Phi) is 4.90. The lowest BCUT2D eigenvalue weighted by Gasteiger charge is -2.34. The minimum Gasteiger partial charge on any atom is -0.378 e. The molecule has 0 heterocycles. The highest BCUT2D eigenvalue weighted by atomic mass is 16.5. The molecule has 0 radical (unpaired) electrons. The normalized spacial score (nSPS) is 22.5. The van der Waals surface area contributed by atoms with Crippen molar-refractivity contribution in [3.8, 4) is 0 Å². The molecule has 0 saturated heterocycles. The van der Waals surface area contributed by atoms with E-state index in [1.807, 2.05) is 18.2 Å². The van der Waals surface area contributed by atoms with E-state index in [-0.39, 0.29) is 11.9 Å². The lowest BCUT2D eigenvalue weighted by Crippen LogP contribution is -2.37. The topological polar surface area (TPSA) is 35.5 Å². The molecular formula is C15H20O3. The molecule has 18 heavy (non-hydrogen) atoms. The van der Waals surface area contributed by atoms with Crippen molar-refractivity contribution in [3.05, 3.63) is 35.9 Å². The van der Waals surface area contributed by atoms with Gasteiger partial charge >= 0.3 is 0 Å². The van der Waals surface area contributed by atoms with E-state index in [2.05, 4.69) is 12.1 Å². The van der Waals surface area contributed by atoms with Crippen molar-refractivity contribution in [2.45, 2.75) is 45.0 Å². The minimum absolute atomic E-state index is 0.186. The summed E-state index contributed by atoms with van der Waals surface area (Å²) in [6.07, 6.45) is 3.01. The Hall–Kier alpha value is -1.19. The van der Waals surface area contributed by atoms with E-state index in [0.717, 1.165) is 12.8 Å². The molecule has 2 rings (SSSR count). The molecule has 0 N–H and O–H groups in total. The number of benzene rings is 1. The Balaban J connectivity index is 1.55. The fourth-order valence-electron chi connectivity index (χ4n) is 1.95. The molecule has 0 aliphatic heterocycles. The maximum atomic E-state index is 10.8. The fraction of sp³-hybridized carbons (Fsp3) is 0.533. The second-order valence-electron chi connectivity index (χ2n) is 4.83. The van der Waals surface area contributed by atoms with Crippen LogP contribution < -0.4 is 0 Å². The number of carbonyl (C=O) groups is 1. The highest BCUT2D eigenvalue weighted by molar-refractivity contribution is 5.75. The van der Waals surface area contributed by atoms with E-state index >= 15 is 0 Å². The van der Waals surface area contributed by atoms with Gasteiger partial charge in [-0.1, -0.05) is 30.3 Å². The highest BCUT2D eigenvalue weighted by Gasteiger charge is 2.30. The standard InChI is InChI=1S/C15H20O3/c1-12(16)7-8-17-14-9-15(10-14)18-11-13-5-3-2-4-6-13/h2-6,14-15H,7-11H2,1H3. The SMILES string of the molecule is CC(=O)CCOC1CC(OCc2ccccc2)C1. The molecule has 0 unspecified atom stereocenters. The van der Waals surface area contributed by atoms with Gasteiger partial charge in [-0.15, -0.1) is 0 Å². The van der Waals surface area contributed by atoms with Gasteiger partial charge in [-0.2, -0.15) is 0 Å². The van der Waals surface area contributed by atoms with Gasteiger partial charge in [0.15, 0.2) is 0 Å². The molecule has 0 bridgehead atoms. The number of ether oxygens (including phenoxy) is 2. The first-order chi connectivity index (χ1) is 8.74. The number of ketones is 1. The Morgan fingerprint density at radius 3 is 2.50 bits per heavy atom. The summed E-state index contributed by atoms with van der Waals surface area (Å²) < 4.78 is 11.3. The molecule has 0 amide bonds. The van der Waals surface area contributed by atoms with Crippen LogP contribution in [0.15, 0.2) is 30.3 Å². The number of hydrogen-bond acceptors (Lipinski definition) is 3. The van der Waals surface area contributed by atoms with E-state index in [4.69, 9.17) is 9.47 Å². The molecule has 0 aromatic heterocycles. The fourth-order valence-corrected chi connectivity index (χ4v) is 1.95. The van der Waals surface area contributed by atoms with Gasteiger partial charge in [0.05, 0.1) is 25.4 Å². The van der Waals surface area contributed by atoms with E-state index < -0.39 is 0 Å². The van der Waals surface area contributed by atoms with E-state index in [1.165, 1.54) is 5.56 Å². The molecule has 1 fully saturated rings. The first-order valence-corrected chi connectivity index (χ1v) is 6.50. The van der Waals surface area contributed by atoms with Crippen molar-refractivity contribution in [2.75, 3.05) is 6.61 Å². The van der Waals surface area contributed by atoms with Crippen molar-refractivity contribution in [3.63, 3.8) is 0 Å². The van der Waals surface area contributed by atoms with Crippen LogP contribution in [-0.2, 0) is 20.9 Å². The lowest BCUT2D eigenvalue weighted by atomic mass is 9.92. The maximum Gasteiger partial charge on any atom is 0.132 e. The van der Waals surface area contributed by atoms with Crippen LogP contribution in [0.4, 0.5) is 0 Å². The van der Waals surface area contributed by atoms with Crippen LogP contribution in [0, 0.1) is 0 Å². The van der Waals surface area contributed by atoms with Gasteiger partial charge in [-0.3, -0.25) is 4.79 Å².